The predicted molar refractivity (Wildman–Crippen MR) is 110 cm³/mol. The van der Waals surface area contributed by atoms with Gasteiger partial charge in [0.05, 0.1) is 13.8 Å². The molecule has 2 aromatic carbocycles. The second-order valence-electron chi connectivity index (χ2n) is 7.43. The van der Waals surface area contributed by atoms with Crippen molar-refractivity contribution in [3.05, 3.63) is 60.3 Å². The molecular weight excluding hydrogens is 326 g/mol. The van der Waals surface area contributed by atoms with Gasteiger partial charge in [-0.15, -0.1) is 11.3 Å². The summed E-state index contributed by atoms with van der Waals surface area (Å²) in [7, 11) is -1.43. The van der Waals surface area contributed by atoms with Gasteiger partial charge < -0.3 is 0 Å². The van der Waals surface area contributed by atoms with Crippen LogP contribution in [0, 0.1) is 6.92 Å². The molecular formula is C21H21NSSi. The largest absolute Gasteiger partial charge is 0.256 e. The molecule has 4 rings (SSSR count). The molecule has 0 N–H and O–H groups in total. The van der Waals surface area contributed by atoms with Crippen molar-refractivity contribution in [3.63, 3.8) is 0 Å². The Morgan fingerprint density at radius 2 is 1.71 bits per heavy atom. The summed E-state index contributed by atoms with van der Waals surface area (Å²) >= 11 is 1.90. The van der Waals surface area contributed by atoms with Crippen LogP contribution < -0.4 is 5.19 Å². The third-order valence-corrected chi connectivity index (χ3v) is 7.76. The Morgan fingerprint density at radius 1 is 0.917 bits per heavy atom. The van der Waals surface area contributed by atoms with Crippen LogP contribution in [-0.4, -0.2) is 13.1 Å². The average Bonchev–Trinajstić information content (AvgIpc) is 2.93. The number of rotatable bonds is 2. The maximum atomic E-state index is 4.68. The summed E-state index contributed by atoms with van der Waals surface area (Å²) in [4.78, 5) is 4.68. The molecule has 0 bridgehead atoms. The van der Waals surface area contributed by atoms with Crippen LogP contribution in [-0.2, 0) is 0 Å². The van der Waals surface area contributed by atoms with Crippen molar-refractivity contribution in [1.29, 1.82) is 0 Å². The molecule has 0 aliphatic heterocycles. The molecule has 0 fully saturated rings. The van der Waals surface area contributed by atoms with Gasteiger partial charge in [0.2, 0.25) is 0 Å². The first-order chi connectivity index (χ1) is 11.4. The first-order valence-electron chi connectivity index (χ1n) is 8.33. The van der Waals surface area contributed by atoms with E-state index < -0.39 is 8.07 Å². The van der Waals surface area contributed by atoms with E-state index in [9.17, 15) is 0 Å². The Morgan fingerprint density at radius 3 is 2.42 bits per heavy atom. The van der Waals surface area contributed by atoms with Crippen LogP contribution in [0.2, 0.25) is 19.6 Å². The monoisotopic (exact) mass is 347 g/mol. The fourth-order valence-corrected chi connectivity index (χ4v) is 6.22. The normalized spacial score (nSPS) is 12.2. The van der Waals surface area contributed by atoms with Crippen molar-refractivity contribution in [3.8, 4) is 11.3 Å². The first kappa shape index (κ1) is 15.5. The summed E-state index contributed by atoms with van der Waals surface area (Å²) in [6, 6.07) is 17.7. The maximum absolute atomic E-state index is 4.68. The summed E-state index contributed by atoms with van der Waals surface area (Å²) in [5, 5.41) is 4.39. The molecule has 24 heavy (non-hydrogen) atoms. The number of aryl methyl sites for hydroxylation is 1. The van der Waals surface area contributed by atoms with Gasteiger partial charge in [-0.3, -0.25) is 4.98 Å². The smallest absolute Gasteiger partial charge is 0.0784 e. The summed E-state index contributed by atoms with van der Waals surface area (Å²) in [5.74, 6) is 0. The third kappa shape index (κ3) is 2.48. The van der Waals surface area contributed by atoms with Crippen molar-refractivity contribution >= 4 is 44.8 Å². The van der Waals surface area contributed by atoms with Crippen LogP contribution >= 0.6 is 11.3 Å². The quantitative estimate of drug-likeness (QED) is 0.407. The fourth-order valence-electron chi connectivity index (χ4n) is 3.28. The fraction of sp³-hybridized carbons (Fsp3) is 0.190. The number of aromatic nitrogens is 1. The van der Waals surface area contributed by atoms with E-state index >= 15 is 0 Å². The molecule has 2 aromatic heterocycles. The van der Waals surface area contributed by atoms with E-state index in [0.717, 1.165) is 5.69 Å². The van der Waals surface area contributed by atoms with Crippen LogP contribution in [0.5, 0.6) is 0 Å². The molecule has 120 valence electrons. The van der Waals surface area contributed by atoms with Gasteiger partial charge in [-0.25, -0.2) is 0 Å². The number of pyridine rings is 1. The van der Waals surface area contributed by atoms with Crippen molar-refractivity contribution in [2.75, 3.05) is 0 Å². The number of thiophene rings is 1. The number of nitrogens with zero attached hydrogens (tertiary/aromatic N) is 1. The Hall–Kier alpha value is -1.97. The molecule has 0 radical (unpaired) electrons. The molecule has 0 spiro atoms. The van der Waals surface area contributed by atoms with E-state index in [1.807, 2.05) is 17.5 Å². The van der Waals surface area contributed by atoms with E-state index in [1.54, 1.807) is 5.19 Å². The highest BCUT2D eigenvalue weighted by Gasteiger charge is 2.23. The molecule has 3 heteroatoms. The molecule has 4 aromatic rings. The van der Waals surface area contributed by atoms with E-state index in [0.29, 0.717) is 0 Å². The molecule has 0 amide bonds. The van der Waals surface area contributed by atoms with Gasteiger partial charge in [-0.2, -0.15) is 0 Å². The van der Waals surface area contributed by atoms with Crippen molar-refractivity contribution < 1.29 is 0 Å². The van der Waals surface area contributed by atoms with Crippen molar-refractivity contribution in [2.45, 2.75) is 26.6 Å². The van der Waals surface area contributed by atoms with Crippen molar-refractivity contribution in [2.24, 2.45) is 0 Å². The van der Waals surface area contributed by atoms with Gasteiger partial charge >= 0.3 is 0 Å². The van der Waals surface area contributed by atoms with Crippen LogP contribution in [0.3, 0.4) is 0 Å². The van der Waals surface area contributed by atoms with E-state index in [1.165, 1.54) is 31.3 Å². The maximum Gasteiger partial charge on any atom is 0.0784 e. The van der Waals surface area contributed by atoms with E-state index in [4.69, 9.17) is 0 Å². The zero-order valence-electron chi connectivity index (χ0n) is 14.6. The lowest BCUT2D eigenvalue weighted by Gasteiger charge is -2.19. The Kier molecular flexibility index (Phi) is 3.59. The molecule has 0 aliphatic rings. The van der Waals surface area contributed by atoms with E-state index in [-0.39, 0.29) is 0 Å². The SMILES string of the molecule is Cc1ccc(-c2ccc([Si](C)(C)C)c3c2sc2ccccc23)nc1. The lowest BCUT2D eigenvalue weighted by Crippen LogP contribution is -2.37. The standard InChI is InChI=1S/C21H21NSSi/c1-14-9-11-17(22-13-14)15-10-12-19(24(2,3)4)20-16-7-5-6-8-18(16)23-21(15)20/h5-13H,1-4H3. The van der Waals surface area contributed by atoms with Gasteiger partial charge in [-0.05, 0) is 24.6 Å². The van der Waals surface area contributed by atoms with Crippen LogP contribution in [0.25, 0.3) is 31.4 Å². The Labute approximate surface area is 148 Å². The first-order valence-corrected chi connectivity index (χ1v) is 12.6. The molecule has 0 unspecified atom stereocenters. The zero-order valence-corrected chi connectivity index (χ0v) is 16.4. The second-order valence-corrected chi connectivity index (χ2v) is 13.5. The molecule has 0 saturated carbocycles. The summed E-state index contributed by atoms with van der Waals surface area (Å²) in [5.41, 5.74) is 3.53. The highest BCUT2D eigenvalue weighted by molar-refractivity contribution is 7.26. The van der Waals surface area contributed by atoms with Crippen molar-refractivity contribution in [1.82, 2.24) is 4.98 Å². The Bertz CT molecular complexity index is 1040. The van der Waals surface area contributed by atoms with Gasteiger partial charge in [0.1, 0.15) is 0 Å². The topological polar surface area (TPSA) is 12.9 Å². The molecule has 0 atom stereocenters. The van der Waals surface area contributed by atoms with Crippen LogP contribution in [0.1, 0.15) is 5.56 Å². The number of hydrogen-bond donors (Lipinski definition) is 0. The van der Waals surface area contributed by atoms with Gasteiger partial charge in [0.25, 0.3) is 0 Å². The lowest BCUT2D eigenvalue weighted by atomic mass is 10.1. The zero-order chi connectivity index (χ0) is 16.9. The minimum atomic E-state index is -1.43. The minimum absolute atomic E-state index is 1.07. The number of fused-ring (bicyclic) bond motifs is 3. The molecule has 2 heterocycles. The highest BCUT2D eigenvalue weighted by atomic mass is 32.1. The predicted octanol–water partition coefficient (Wildman–Crippen LogP) is 5.97. The van der Waals surface area contributed by atoms with Crippen LogP contribution in [0.4, 0.5) is 0 Å². The minimum Gasteiger partial charge on any atom is -0.256 e. The van der Waals surface area contributed by atoms with Gasteiger partial charge in [0.15, 0.2) is 0 Å². The number of hydrogen-bond acceptors (Lipinski definition) is 2. The second kappa shape index (κ2) is 5.54. The van der Waals surface area contributed by atoms with Gasteiger partial charge in [-0.1, -0.05) is 61.2 Å². The highest BCUT2D eigenvalue weighted by Crippen LogP contribution is 2.39. The van der Waals surface area contributed by atoms with E-state index in [2.05, 4.69) is 80.1 Å². The lowest BCUT2D eigenvalue weighted by molar-refractivity contribution is 1.27. The molecule has 1 nitrogen and oxygen atoms in total. The van der Waals surface area contributed by atoms with Crippen LogP contribution in [0.15, 0.2) is 54.7 Å². The summed E-state index contributed by atoms with van der Waals surface area (Å²) in [6.45, 7) is 9.37. The molecule has 0 saturated heterocycles. The molecule has 0 aliphatic carbocycles. The third-order valence-electron chi connectivity index (χ3n) is 4.52. The summed E-state index contributed by atoms with van der Waals surface area (Å²) in [6.07, 6.45) is 1.96. The van der Waals surface area contributed by atoms with Gasteiger partial charge in [0, 0.05) is 31.9 Å². The average molecular weight is 348 g/mol. The number of benzene rings is 2. The summed E-state index contributed by atoms with van der Waals surface area (Å²) < 4.78 is 2.75. The Balaban J connectivity index is 2.12.